The van der Waals surface area contributed by atoms with Gasteiger partial charge in [-0.25, -0.2) is 9.97 Å². The summed E-state index contributed by atoms with van der Waals surface area (Å²) >= 11 is 0. The molecule has 0 amide bonds. The molecule has 0 aliphatic rings. The van der Waals surface area contributed by atoms with Gasteiger partial charge < -0.3 is 13.7 Å². The normalized spacial score (nSPS) is 12.2. The number of pyridine rings is 1. The number of furan rings is 1. The van der Waals surface area contributed by atoms with Gasteiger partial charge in [0.2, 0.25) is 5.89 Å². The quantitative estimate of drug-likeness (QED) is 0.142. The Hall–Kier alpha value is -8.45. The molecule has 13 aromatic rings. The molecule has 66 heavy (non-hydrogen) atoms. The summed E-state index contributed by atoms with van der Waals surface area (Å²) in [6.07, 6.45) is 0. The number of fused-ring (bicyclic) bond motifs is 9. The molecule has 0 spiro atoms. The number of anilines is 3. The molecular formula is C60H39N3O2S. The van der Waals surface area contributed by atoms with Crippen LogP contribution in [0.2, 0.25) is 0 Å². The van der Waals surface area contributed by atoms with E-state index in [9.17, 15) is 0 Å². The third-order valence-electron chi connectivity index (χ3n) is 12.7. The Balaban J connectivity index is 1.08. The van der Waals surface area contributed by atoms with E-state index >= 15 is 0 Å². The van der Waals surface area contributed by atoms with Crippen molar-refractivity contribution < 1.29 is 8.83 Å². The standard InChI is InChI=1S/C60H39N3O2S/c1-4-16-43(17-5-1)60-62-54-34-30-42-28-27-40-29-32-45(38-51(40)58(42)59(54)65-60)63(46-33-35-56-52(39-46)50-24-11-13-26-55(50)64-56)44-18-14-23-49(37-44)66(47-19-6-2-7-20-47,48-21-8-3-9-22-48)57-36-31-41-15-10-12-25-53(41)61-57/h1-39H. The van der Waals surface area contributed by atoms with Crippen LogP contribution in [0.5, 0.6) is 0 Å². The molecule has 0 saturated heterocycles. The molecule has 0 unspecified atom stereocenters. The Kier molecular flexibility index (Phi) is 8.86. The van der Waals surface area contributed by atoms with Crippen LogP contribution in [0.3, 0.4) is 0 Å². The van der Waals surface area contributed by atoms with Crippen LogP contribution >= 0.6 is 10.0 Å². The minimum atomic E-state index is -2.16. The zero-order valence-electron chi connectivity index (χ0n) is 35.6. The highest BCUT2D eigenvalue weighted by Crippen LogP contribution is 2.73. The van der Waals surface area contributed by atoms with Crippen molar-refractivity contribution in [2.24, 2.45) is 0 Å². The highest BCUT2D eigenvalue weighted by atomic mass is 32.3. The van der Waals surface area contributed by atoms with Crippen LogP contribution in [0.4, 0.5) is 17.1 Å². The average Bonchev–Trinajstić information content (AvgIpc) is 4.00. The second kappa shape index (κ2) is 15.4. The summed E-state index contributed by atoms with van der Waals surface area (Å²) in [7, 11) is -2.16. The van der Waals surface area contributed by atoms with E-state index in [1.807, 2.05) is 42.5 Å². The second-order valence-electron chi connectivity index (χ2n) is 16.6. The molecule has 3 heterocycles. The minimum absolute atomic E-state index is 0.606. The number of para-hydroxylation sites is 2. The summed E-state index contributed by atoms with van der Waals surface area (Å²) in [6, 6.07) is 84.1. The van der Waals surface area contributed by atoms with Crippen LogP contribution in [-0.4, -0.2) is 9.97 Å². The first-order chi connectivity index (χ1) is 32.7. The largest absolute Gasteiger partial charge is 0.456 e. The summed E-state index contributed by atoms with van der Waals surface area (Å²) in [4.78, 5) is 16.5. The molecular weight excluding hydrogens is 827 g/mol. The Morgan fingerprint density at radius 2 is 0.970 bits per heavy atom. The summed E-state index contributed by atoms with van der Waals surface area (Å²) < 4.78 is 13.1. The maximum Gasteiger partial charge on any atom is 0.227 e. The summed E-state index contributed by atoms with van der Waals surface area (Å²) in [6.45, 7) is 0. The fourth-order valence-corrected chi connectivity index (χ4v) is 13.5. The van der Waals surface area contributed by atoms with E-state index in [0.717, 1.165) is 93.1 Å². The Morgan fingerprint density at radius 3 is 1.79 bits per heavy atom. The number of oxazole rings is 1. The molecule has 3 aromatic heterocycles. The number of aromatic nitrogens is 2. The zero-order chi connectivity index (χ0) is 43.6. The van der Waals surface area contributed by atoms with E-state index < -0.39 is 10.0 Å². The van der Waals surface area contributed by atoms with E-state index in [4.69, 9.17) is 18.8 Å². The lowest BCUT2D eigenvalue weighted by Crippen LogP contribution is -2.12. The number of rotatable bonds is 8. The lowest BCUT2D eigenvalue weighted by Gasteiger charge is -2.41. The highest BCUT2D eigenvalue weighted by Gasteiger charge is 2.35. The van der Waals surface area contributed by atoms with Gasteiger partial charge in [0.1, 0.15) is 16.7 Å². The maximum absolute atomic E-state index is 6.69. The Labute approximate surface area is 382 Å². The van der Waals surface area contributed by atoms with Gasteiger partial charge in [-0.2, -0.15) is 0 Å². The molecule has 10 aromatic carbocycles. The van der Waals surface area contributed by atoms with Crippen LogP contribution in [-0.2, 0) is 0 Å². The zero-order valence-corrected chi connectivity index (χ0v) is 36.4. The molecule has 5 nitrogen and oxygen atoms in total. The smallest absolute Gasteiger partial charge is 0.227 e. The van der Waals surface area contributed by atoms with Gasteiger partial charge in [-0.3, -0.25) is 0 Å². The van der Waals surface area contributed by atoms with Crippen LogP contribution in [0.25, 0.3) is 76.9 Å². The van der Waals surface area contributed by atoms with Crippen molar-refractivity contribution in [3.63, 3.8) is 0 Å². The third kappa shape index (κ3) is 6.10. The van der Waals surface area contributed by atoms with Crippen LogP contribution in [0, 0.1) is 0 Å². The minimum Gasteiger partial charge on any atom is -0.456 e. The van der Waals surface area contributed by atoms with Crippen molar-refractivity contribution >= 4 is 92.6 Å². The highest BCUT2D eigenvalue weighted by molar-refractivity contribution is 8.33. The van der Waals surface area contributed by atoms with Crippen molar-refractivity contribution in [1.29, 1.82) is 0 Å². The molecule has 0 N–H and O–H groups in total. The van der Waals surface area contributed by atoms with Gasteiger partial charge in [0, 0.05) is 58.9 Å². The van der Waals surface area contributed by atoms with Gasteiger partial charge >= 0.3 is 0 Å². The molecule has 0 bridgehead atoms. The molecule has 0 aliphatic carbocycles. The van der Waals surface area contributed by atoms with E-state index in [2.05, 4.69) is 199 Å². The first-order valence-corrected chi connectivity index (χ1v) is 23.7. The van der Waals surface area contributed by atoms with Gasteiger partial charge in [-0.1, -0.05) is 127 Å². The molecule has 6 heteroatoms. The number of benzene rings is 10. The third-order valence-corrected chi connectivity index (χ3v) is 16.5. The number of nitrogens with zero attached hydrogens (tertiary/aromatic N) is 3. The van der Waals surface area contributed by atoms with Gasteiger partial charge in [0.25, 0.3) is 0 Å². The Morgan fingerprint density at radius 1 is 0.364 bits per heavy atom. The van der Waals surface area contributed by atoms with Gasteiger partial charge in [0.15, 0.2) is 5.58 Å². The first kappa shape index (κ1) is 38.0. The lowest BCUT2D eigenvalue weighted by atomic mass is 10.00. The second-order valence-corrected chi connectivity index (χ2v) is 19.6. The topological polar surface area (TPSA) is 55.3 Å². The van der Waals surface area contributed by atoms with Gasteiger partial charge in [-0.05, 0) is 125 Å². The van der Waals surface area contributed by atoms with Gasteiger partial charge in [0.05, 0.1) is 10.5 Å². The molecule has 0 fully saturated rings. The summed E-state index contributed by atoms with van der Waals surface area (Å²) in [5, 5.41) is 8.58. The molecule has 0 saturated carbocycles. The predicted octanol–water partition coefficient (Wildman–Crippen LogP) is 17.1. The van der Waals surface area contributed by atoms with Crippen molar-refractivity contribution in [2.45, 2.75) is 19.7 Å². The average molecular weight is 866 g/mol. The van der Waals surface area contributed by atoms with Crippen molar-refractivity contribution in [1.82, 2.24) is 9.97 Å². The predicted molar refractivity (Wildman–Crippen MR) is 272 cm³/mol. The summed E-state index contributed by atoms with van der Waals surface area (Å²) in [5.74, 6) is 0.606. The Bertz CT molecular complexity index is 3920. The van der Waals surface area contributed by atoms with E-state index in [-0.39, 0.29) is 0 Å². The fraction of sp³-hybridized carbons (Fsp3) is 0. The monoisotopic (exact) mass is 865 g/mol. The number of hydrogen-bond donors (Lipinski definition) is 0. The molecule has 0 atom stereocenters. The summed E-state index contributed by atoms with van der Waals surface area (Å²) in [5.41, 5.74) is 8.24. The molecule has 13 rings (SSSR count). The van der Waals surface area contributed by atoms with Crippen LogP contribution in [0.15, 0.2) is 265 Å². The van der Waals surface area contributed by atoms with E-state index in [0.29, 0.717) is 5.89 Å². The van der Waals surface area contributed by atoms with Gasteiger partial charge in [-0.15, -0.1) is 10.0 Å². The fourth-order valence-electron chi connectivity index (χ4n) is 9.70. The van der Waals surface area contributed by atoms with E-state index in [1.54, 1.807) is 0 Å². The molecule has 0 aliphatic heterocycles. The van der Waals surface area contributed by atoms with Crippen molar-refractivity contribution in [3.05, 3.63) is 237 Å². The van der Waals surface area contributed by atoms with E-state index in [1.165, 1.54) is 14.7 Å². The molecule has 0 radical (unpaired) electrons. The first-order valence-electron chi connectivity index (χ1n) is 22.1. The van der Waals surface area contributed by atoms with Crippen molar-refractivity contribution in [3.8, 4) is 11.5 Å². The van der Waals surface area contributed by atoms with Crippen molar-refractivity contribution in [2.75, 3.05) is 4.90 Å². The van der Waals surface area contributed by atoms with Crippen LogP contribution in [0.1, 0.15) is 0 Å². The lowest BCUT2D eigenvalue weighted by molar-refractivity contribution is 0.623. The van der Waals surface area contributed by atoms with Crippen LogP contribution < -0.4 is 4.90 Å². The SMILES string of the molecule is c1ccc(-c2nc3ccc4ccc5ccc(N(c6cccc(S(c7ccccc7)(c7ccccc7)c7ccc8ccccc8n7)c6)c6ccc7oc8ccccc8c7c6)cc5c4c3o2)cc1. The maximum atomic E-state index is 6.69. The molecule has 312 valence electrons. The number of hydrogen-bond acceptors (Lipinski definition) is 5.